The molecule has 4 aromatic rings. The van der Waals surface area contributed by atoms with E-state index in [9.17, 15) is 24.6 Å². The number of aliphatic hydroxyl groups is 2. The van der Waals surface area contributed by atoms with Crippen LogP contribution in [-0.2, 0) is 17.3 Å². The van der Waals surface area contributed by atoms with Crippen LogP contribution in [0.25, 0.3) is 11.1 Å². The Balaban J connectivity index is 0.00000214. The molecule has 0 atom stereocenters. The minimum absolute atomic E-state index is 0.00330. The highest BCUT2D eigenvalue weighted by Crippen LogP contribution is 2.45. The monoisotopic (exact) mass is 723 g/mol. The molecule has 0 unspecified atom stereocenters. The fourth-order valence-electron chi connectivity index (χ4n) is 7.06. The summed E-state index contributed by atoms with van der Waals surface area (Å²) in [7, 11) is 3.49. The lowest BCUT2D eigenvalue weighted by molar-refractivity contribution is -0.302. The number of para-hydroxylation sites is 1. The zero-order chi connectivity index (χ0) is 37.4. The van der Waals surface area contributed by atoms with Crippen molar-refractivity contribution in [1.82, 2.24) is 40.1 Å². The fraction of sp³-hybridized carbons (Fsp3) is 0.432. The van der Waals surface area contributed by atoms with Gasteiger partial charge in [-0.2, -0.15) is 5.10 Å². The molecule has 3 aromatic heterocycles. The minimum Gasteiger partial charge on any atom is -0.366 e. The van der Waals surface area contributed by atoms with Gasteiger partial charge in [-0.3, -0.25) is 19.1 Å². The zero-order valence-electron chi connectivity index (χ0n) is 30.3. The van der Waals surface area contributed by atoms with Crippen LogP contribution in [0.3, 0.4) is 0 Å². The van der Waals surface area contributed by atoms with Crippen LogP contribution < -0.4 is 20.9 Å². The molecule has 3 fully saturated rings. The quantitative estimate of drug-likeness (QED) is 0.159. The maximum absolute atomic E-state index is 12.9. The lowest BCUT2D eigenvalue weighted by atomic mass is 9.97. The summed E-state index contributed by atoms with van der Waals surface area (Å²) < 4.78 is 1.94. The molecule has 16 nitrogen and oxygen atoms in total. The number of nitrogens with one attached hydrogen (secondary N) is 3. The number of hydrogen-bond acceptors (Lipinski definition) is 12. The second-order valence-corrected chi connectivity index (χ2v) is 13.6. The molecular weight excluding hydrogens is 678 g/mol. The third kappa shape index (κ3) is 6.80. The number of aromatic nitrogens is 5. The van der Waals surface area contributed by atoms with Crippen LogP contribution in [0.4, 0.5) is 22.9 Å². The number of carbonyl (C=O) groups is 3. The van der Waals surface area contributed by atoms with E-state index >= 15 is 0 Å². The van der Waals surface area contributed by atoms with Crippen LogP contribution in [-0.4, -0.2) is 103 Å². The van der Waals surface area contributed by atoms with Gasteiger partial charge in [0.1, 0.15) is 11.4 Å². The van der Waals surface area contributed by atoms with Crippen LogP contribution >= 0.6 is 0 Å². The Morgan fingerprint density at radius 2 is 1.68 bits per heavy atom. The highest BCUT2D eigenvalue weighted by Gasteiger charge is 2.46. The van der Waals surface area contributed by atoms with Crippen LogP contribution in [0, 0.1) is 5.92 Å². The molecular formula is C37H45N11O5. The molecule has 278 valence electrons. The van der Waals surface area contributed by atoms with E-state index in [0.29, 0.717) is 38.4 Å². The van der Waals surface area contributed by atoms with Crippen LogP contribution in [0.15, 0.2) is 48.7 Å². The van der Waals surface area contributed by atoms with Crippen molar-refractivity contribution in [3.05, 3.63) is 71.4 Å². The first kappa shape index (κ1) is 35.9. The Kier molecular flexibility index (Phi) is 9.85. The smallest absolute Gasteiger partial charge is 0.273 e. The van der Waals surface area contributed by atoms with Crippen LogP contribution in [0.2, 0.25) is 0 Å². The average Bonchev–Trinajstić information content (AvgIpc) is 3.71. The normalized spacial score (nSPS) is 16.9. The fourth-order valence-corrected chi connectivity index (χ4v) is 7.06. The molecule has 16 heteroatoms. The molecule has 0 bridgehead atoms. The third-order valence-corrected chi connectivity index (χ3v) is 10.1. The number of fused-ring (bicyclic) bond motifs is 3. The van der Waals surface area contributed by atoms with E-state index < -0.39 is 11.8 Å². The highest BCUT2D eigenvalue weighted by atomic mass is 16.5. The minimum atomic E-state index is -2.36. The van der Waals surface area contributed by atoms with Crippen molar-refractivity contribution in [2.24, 2.45) is 5.92 Å². The molecule has 53 heavy (non-hydrogen) atoms. The molecule has 8 rings (SSSR count). The predicted octanol–water partition coefficient (Wildman–Crippen LogP) is 3.05. The molecule has 1 aliphatic carbocycles. The highest BCUT2D eigenvalue weighted by molar-refractivity contribution is 6.01. The molecule has 3 amide bonds. The number of carbonyl (C=O) groups excluding carboxylic acids is 3. The zero-order valence-corrected chi connectivity index (χ0v) is 30.3. The number of anilines is 4. The summed E-state index contributed by atoms with van der Waals surface area (Å²) in [4.78, 5) is 47.8. The van der Waals surface area contributed by atoms with E-state index in [1.54, 1.807) is 23.1 Å². The number of rotatable bonds is 9. The summed E-state index contributed by atoms with van der Waals surface area (Å²) in [5.74, 6) is -2.86. The van der Waals surface area contributed by atoms with E-state index in [2.05, 4.69) is 36.0 Å². The predicted molar refractivity (Wildman–Crippen MR) is 197 cm³/mol. The van der Waals surface area contributed by atoms with Crippen molar-refractivity contribution in [2.75, 3.05) is 55.8 Å². The average molecular weight is 724 g/mol. The Hall–Kier alpha value is -5.45. The van der Waals surface area contributed by atoms with Gasteiger partial charge in [0.25, 0.3) is 17.7 Å². The topological polar surface area (TPSA) is 194 Å². The maximum atomic E-state index is 12.9. The molecule has 5 N–H and O–H groups in total. The van der Waals surface area contributed by atoms with Crippen molar-refractivity contribution < 1.29 is 24.6 Å². The van der Waals surface area contributed by atoms with Gasteiger partial charge in [0, 0.05) is 63.4 Å². The van der Waals surface area contributed by atoms with E-state index in [1.165, 1.54) is 18.0 Å². The molecule has 2 saturated heterocycles. The Morgan fingerprint density at radius 1 is 0.943 bits per heavy atom. The van der Waals surface area contributed by atoms with Crippen molar-refractivity contribution >= 4 is 40.6 Å². The van der Waals surface area contributed by atoms with Crippen LogP contribution in [0.5, 0.6) is 0 Å². The Labute approximate surface area is 307 Å². The van der Waals surface area contributed by atoms with Crippen molar-refractivity contribution in [2.45, 2.75) is 58.0 Å². The summed E-state index contributed by atoms with van der Waals surface area (Å²) >= 11 is 0. The first-order valence-electron chi connectivity index (χ1n) is 18.2. The third-order valence-electron chi connectivity index (χ3n) is 10.1. The molecule has 0 spiro atoms. The van der Waals surface area contributed by atoms with Crippen LogP contribution in [0.1, 0.15) is 77.9 Å². The van der Waals surface area contributed by atoms with Gasteiger partial charge in [-0.15, -0.1) is 10.2 Å². The summed E-state index contributed by atoms with van der Waals surface area (Å²) in [5, 5.41) is 44.1. The van der Waals surface area contributed by atoms with Crippen molar-refractivity contribution in [1.29, 1.82) is 0 Å². The summed E-state index contributed by atoms with van der Waals surface area (Å²) in [5.41, 5.74) is 5.15. The Bertz CT molecular complexity index is 2030. The molecule has 6 heterocycles. The molecule has 1 aromatic carbocycles. The Morgan fingerprint density at radius 3 is 2.40 bits per heavy atom. The van der Waals surface area contributed by atoms with Crippen molar-refractivity contribution in [3.63, 3.8) is 0 Å². The lowest BCUT2D eigenvalue weighted by Crippen LogP contribution is -2.59. The van der Waals surface area contributed by atoms with E-state index in [1.807, 2.05) is 50.0 Å². The largest absolute Gasteiger partial charge is 0.366 e. The van der Waals surface area contributed by atoms with Gasteiger partial charge in [-0.05, 0) is 43.9 Å². The number of pyridine rings is 1. The van der Waals surface area contributed by atoms with Gasteiger partial charge in [-0.1, -0.05) is 32.0 Å². The number of hydrogen-bond donors (Lipinski definition) is 5. The summed E-state index contributed by atoms with van der Waals surface area (Å²) in [6.45, 7) is 6.49. The summed E-state index contributed by atoms with van der Waals surface area (Å²) in [6, 6.07) is 12.1. The molecule has 4 aliphatic rings. The molecule has 3 aliphatic heterocycles. The van der Waals surface area contributed by atoms with E-state index in [4.69, 9.17) is 5.10 Å². The first-order valence-corrected chi connectivity index (χ1v) is 18.2. The van der Waals surface area contributed by atoms with Gasteiger partial charge in [-0.25, -0.2) is 9.88 Å². The van der Waals surface area contributed by atoms with E-state index in [0.717, 1.165) is 53.9 Å². The van der Waals surface area contributed by atoms with Gasteiger partial charge in [0.2, 0.25) is 5.91 Å². The standard InChI is InChI=1S/C35H39N11O5.C2H6/c1-36-33(48)30-26(15-29(41-42-30)40-32(47)20-11-12-20)38-24-8-5-7-22-23-16-37-46(27(23)19-43(2)31(22)24)21-17-45(18-21)35(50,51)28-10-6-9-25(39-28)34(49)44-13-3-4-14-44;1-2/h5-10,15-16,20-21,50-51H,3-4,11-14,17-19H2,1-2H3,(H,36,48)(H2,38,40,41,47);1-2H3. The number of likely N-dealkylation sites (tertiary alicyclic amines) is 2. The lowest BCUT2D eigenvalue weighted by Gasteiger charge is -2.46. The van der Waals surface area contributed by atoms with Crippen molar-refractivity contribution in [3.8, 4) is 11.1 Å². The van der Waals surface area contributed by atoms with Gasteiger partial charge in [0.05, 0.1) is 41.5 Å². The van der Waals surface area contributed by atoms with Gasteiger partial charge in [0.15, 0.2) is 11.5 Å². The first-order chi connectivity index (χ1) is 25.6. The number of amides is 3. The second kappa shape index (κ2) is 14.5. The van der Waals surface area contributed by atoms with Gasteiger partial charge >= 0.3 is 0 Å². The van der Waals surface area contributed by atoms with E-state index in [-0.39, 0.29) is 46.7 Å². The maximum Gasteiger partial charge on any atom is 0.273 e. The number of benzene rings is 1. The SMILES string of the molecule is CC.CNC(=O)c1nnc(NC(=O)C2CC2)cc1Nc1cccc2c1N(C)Cc1c-2cnn1C1CN(C(O)(O)c2cccc(C(=O)N3CCCC3)n2)C1. The molecule has 1 saturated carbocycles. The van der Waals surface area contributed by atoms with Gasteiger partial charge < -0.3 is 36.0 Å². The second-order valence-electron chi connectivity index (χ2n) is 13.6. The number of nitrogens with zero attached hydrogens (tertiary/aromatic N) is 8. The molecule has 0 radical (unpaired) electrons. The summed E-state index contributed by atoms with van der Waals surface area (Å²) in [6.07, 6.45) is 5.42.